The van der Waals surface area contributed by atoms with Gasteiger partial charge in [0, 0.05) is 49.7 Å². The predicted molar refractivity (Wildman–Crippen MR) is 132 cm³/mol. The molecular weight excluding hydrogens is 464 g/mol. The Morgan fingerprint density at radius 1 is 0.917 bits per heavy atom. The Morgan fingerprint density at radius 2 is 1.67 bits per heavy atom. The first-order valence-corrected chi connectivity index (χ1v) is 11.8. The topological polar surface area (TPSA) is 66.7 Å². The lowest BCUT2D eigenvalue weighted by atomic mass is 10.1. The minimum absolute atomic E-state index is 0.0446. The monoisotopic (exact) mass is 489 g/mol. The van der Waals surface area contributed by atoms with E-state index in [1.165, 1.54) is 6.07 Å². The zero-order valence-corrected chi connectivity index (χ0v) is 19.6. The van der Waals surface area contributed by atoms with E-state index in [2.05, 4.69) is 9.88 Å². The molecule has 4 aromatic rings. The maximum absolute atomic E-state index is 13.9. The van der Waals surface area contributed by atoms with Crippen LogP contribution in [0.3, 0.4) is 0 Å². The van der Waals surface area contributed by atoms with Crippen LogP contribution in [0, 0.1) is 5.82 Å². The molecule has 1 fully saturated rings. The molecule has 0 aliphatic carbocycles. The minimum atomic E-state index is -0.774. The van der Waals surface area contributed by atoms with Crippen LogP contribution in [0.4, 0.5) is 14.6 Å². The Kier molecular flexibility index (Phi) is 6.75. The van der Waals surface area contributed by atoms with Gasteiger partial charge >= 0.3 is 0 Å². The van der Waals surface area contributed by atoms with Crippen LogP contribution in [0.15, 0.2) is 71.3 Å². The Bertz CT molecular complexity index is 1390. The van der Waals surface area contributed by atoms with Crippen LogP contribution in [0.5, 0.6) is 0 Å². The lowest BCUT2D eigenvalue weighted by Gasteiger charge is -2.35. The van der Waals surface area contributed by atoms with Crippen molar-refractivity contribution in [1.82, 2.24) is 9.88 Å². The molecule has 0 spiro atoms. The fraction of sp³-hybridized carbons (Fsp3) is 0.250. The molecule has 0 radical (unpaired) electrons. The molecule has 3 heterocycles. The predicted octanol–water partition coefficient (Wildman–Crippen LogP) is 4.75. The summed E-state index contributed by atoms with van der Waals surface area (Å²) in [5.41, 5.74) is 1.88. The summed E-state index contributed by atoms with van der Waals surface area (Å²) in [5.74, 6) is 0.0446. The molecule has 0 saturated carbocycles. The van der Waals surface area contributed by atoms with Gasteiger partial charge in [-0.1, -0.05) is 42.5 Å². The smallest absolute Gasteiger partial charge is 0.227 e. The third kappa shape index (κ3) is 4.84. The number of halogens is 2. The van der Waals surface area contributed by atoms with Crippen LogP contribution in [-0.2, 0) is 24.3 Å². The van der Waals surface area contributed by atoms with Crippen molar-refractivity contribution in [2.75, 3.05) is 31.1 Å². The molecule has 1 aliphatic heterocycles. The summed E-state index contributed by atoms with van der Waals surface area (Å²) in [5, 5.41) is 0.614. The van der Waals surface area contributed by atoms with E-state index >= 15 is 0 Å². The SMILES string of the molecule is O=C(Cc1ccc(N2CCN(C(=O)Cc3ccccc3F)CC2)nc1)c1oc2ccccc2c1CF. The Morgan fingerprint density at radius 3 is 2.39 bits per heavy atom. The number of aromatic nitrogens is 1. The molecule has 2 aromatic heterocycles. The largest absolute Gasteiger partial charge is 0.453 e. The van der Waals surface area contributed by atoms with E-state index in [4.69, 9.17) is 4.42 Å². The molecule has 6 nitrogen and oxygen atoms in total. The highest BCUT2D eigenvalue weighted by atomic mass is 19.1. The normalized spacial score (nSPS) is 13.8. The van der Waals surface area contributed by atoms with Gasteiger partial charge < -0.3 is 14.2 Å². The molecule has 0 bridgehead atoms. The summed E-state index contributed by atoms with van der Waals surface area (Å²) >= 11 is 0. The number of piperazine rings is 1. The third-order valence-electron chi connectivity index (χ3n) is 6.51. The molecule has 0 N–H and O–H groups in total. The average Bonchev–Trinajstić information content (AvgIpc) is 3.29. The van der Waals surface area contributed by atoms with Crippen LogP contribution in [0.2, 0.25) is 0 Å². The quantitative estimate of drug-likeness (QED) is 0.351. The van der Waals surface area contributed by atoms with Crippen LogP contribution >= 0.6 is 0 Å². The van der Waals surface area contributed by atoms with Crippen molar-refractivity contribution < 1.29 is 22.8 Å². The minimum Gasteiger partial charge on any atom is -0.453 e. The molecule has 5 rings (SSSR count). The number of ketones is 1. The fourth-order valence-corrected chi connectivity index (χ4v) is 4.53. The van der Waals surface area contributed by atoms with Gasteiger partial charge in [-0.15, -0.1) is 0 Å². The lowest BCUT2D eigenvalue weighted by Crippen LogP contribution is -2.49. The Balaban J connectivity index is 1.18. The van der Waals surface area contributed by atoms with Crippen molar-refractivity contribution in [2.24, 2.45) is 0 Å². The molecule has 2 aromatic carbocycles. The lowest BCUT2D eigenvalue weighted by molar-refractivity contribution is -0.130. The summed E-state index contributed by atoms with van der Waals surface area (Å²) in [6.07, 6.45) is 1.74. The number of para-hydroxylation sites is 1. The van der Waals surface area contributed by atoms with Gasteiger partial charge in [0.15, 0.2) is 5.76 Å². The number of rotatable bonds is 7. The number of anilines is 1. The number of Topliss-reactive ketones (excluding diaryl/α,β-unsaturated/α-hetero) is 1. The van der Waals surface area contributed by atoms with E-state index in [9.17, 15) is 18.4 Å². The van der Waals surface area contributed by atoms with Gasteiger partial charge in [0.05, 0.1) is 6.42 Å². The van der Waals surface area contributed by atoms with Gasteiger partial charge in [-0.2, -0.15) is 0 Å². The molecule has 0 atom stereocenters. The number of carbonyl (C=O) groups excluding carboxylic acids is 2. The van der Waals surface area contributed by atoms with E-state index in [1.54, 1.807) is 53.6 Å². The molecule has 184 valence electrons. The maximum atomic E-state index is 13.9. The van der Waals surface area contributed by atoms with Gasteiger partial charge in [-0.25, -0.2) is 13.8 Å². The second-order valence-corrected chi connectivity index (χ2v) is 8.80. The molecule has 1 aliphatic rings. The molecule has 36 heavy (non-hydrogen) atoms. The van der Waals surface area contributed by atoms with Crippen LogP contribution in [0.1, 0.15) is 27.2 Å². The van der Waals surface area contributed by atoms with Gasteiger partial charge in [0.25, 0.3) is 0 Å². The number of fused-ring (bicyclic) bond motifs is 1. The van der Waals surface area contributed by atoms with Gasteiger partial charge in [-0.05, 0) is 29.3 Å². The molecule has 1 saturated heterocycles. The molecular formula is C28H25F2N3O3. The highest BCUT2D eigenvalue weighted by molar-refractivity contribution is 6.01. The molecule has 1 amide bonds. The van der Waals surface area contributed by atoms with Crippen molar-refractivity contribution in [2.45, 2.75) is 19.5 Å². The number of furan rings is 1. The number of nitrogens with zero attached hydrogens (tertiary/aromatic N) is 3. The van der Waals surface area contributed by atoms with Gasteiger partial charge in [0.1, 0.15) is 23.9 Å². The number of hydrogen-bond donors (Lipinski definition) is 0. The van der Waals surface area contributed by atoms with Crippen LogP contribution in [-0.4, -0.2) is 47.8 Å². The highest BCUT2D eigenvalue weighted by Crippen LogP contribution is 2.28. The van der Waals surface area contributed by atoms with Crippen molar-refractivity contribution in [3.63, 3.8) is 0 Å². The number of alkyl halides is 1. The molecule has 0 unspecified atom stereocenters. The van der Waals surface area contributed by atoms with Crippen molar-refractivity contribution in [3.8, 4) is 0 Å². The van der Waals surface area contributed by atoms with E-state index in [0.717, 1.165) is 5.82 Å². The number of carbonyl (C=O) groups is 2. The Hall–Kier alpha value is -4.07. The van der Waals surface area contributed by atoms with Gasteiger partial charge in [0.2, 0.25) is 11.7 Å². The maximum Gasteiger partial charge on any atom is 0.227 e. The van der Waals surface area contributed by atoms with Crippen molar-refractivity contribution >= 4 is 28.5 Å². The Labute approximate surface area is 207 Å². The summed E-state index contributed by atoms with van der Waals surface area (Å²) in [6.45, 7) is 1.48. The number of amides is 1. The van der Waals surface area contributed by atoms with E-state index in [1.807, 2.05) is 12.1 Å². The second kappa shape index (κ2) is 10.3. The summed E-state index contributed by atoms with van der Waals surface area (Å²) in [4.78, 5) is 33.7. The molecule has 8 heteroatoms. The van der Waals surface area contributed by atoms with Gasteiger partial charge in [-0.3, -0.25) is 9.59 Å². The third-order valence-corrected chi connectivity index (χ3v) is 6.51. The van der Waals surface area contributed by atoms with E-state index in [-0.39, 0.29) is 41.7 Å². The van der Waals surface area contributed by atoms with E-state index in [0.29, 0.717) is 48.3 Å². The van der Waals surface area contributed by atoms with Crippen LogP contribution < -0.4 is 4.90 Å². The van der Waals surface area contributed by atoms with Crippen molar-refractivity contribution in [3.05, 3.63) is 95.1 Å². The summed E-state index contributed by atoms with van der Waals surface area (Å²) in [6, 6.07) is 17.0. The standard InChI is InChI=1S/C28H25F2N3O3/c29-17-22-21-6-2-4-8-25(21)36-28(22)24(34)15-19-9-10-26(31-18-19)32-11-13-33(14-12-32)27(35)16-20-5-1-3-7-23(20)30/h1-10,18H,11-17H2. The van der Waals surface area contributed by atoms with Crippen LogP contribution in [0.25, 0.3) is 11.0 Å². The zero-order chi connectivity index (χ0) is 25.1. The second-order valence-electron chi connectivity index (χ2n) is 8.80. The van der Waals surface area contributed by atoms with Crippen molar-refractivity contribution in [1.29, 1.82) is 0 Å². The average molecular weight is 490 g/mol. The highest BCUT2D eigenvalue weighted by Gasteiger charge is 2.24. The summed E-state index contributed by atoms with van der Waals surface area (Å²) in [7, 11) is 0. The first-order chi connectivity index (χ1) is 17.5. The first-order valence-electron chi connectivity index (χ1n) is 11.8. The number of hydrogen-bond acceptors (Lipinski definition) is 5. The number of pyridine rings is 1. The summed E-state index contributed by atoms with van der Waals surface area (Å²) < 4.78 is 33.2. The number of benzene rings is 2. The van der Waals surface area contributed by atoms with E-state index < -0.39 is 6.67 Å². The first kappa shape index (κ1) is 23.7. The zero-order valence-electron chi connectivity index (χ0n) is 19.6. The fourth-order valence-electron chi connectivity index (χ4n) is 4.53.